The summed E-state index contributed by atoms with van der Waals surface area (Å²) in [6.45, 7) is 13.7. The molecule has 1 saturated carbocycles. The number of methoxy groups -OCH3 is 1. The fourth-order valence-corrected chi connectivity index (χ4v) is 6.13. The van der Waals surface area contributed by atoms with Gasteiger partial charge in [-0.2, -0.15) is 5.26 Å². The number of amides is 1. The summed E-state index contributed by atoms with van der Waals surface area (Å²) in [6.07, 6.45) is 7.85. The number of fused-ring (bicyclic) bond motifs is 3. The molecule has 2 aliphatic carbocycles. The molecule has 1 aromatic rings. The number of nitriles is 1. The second-order valence-electron chi connectivity index (χ2n) is 10.7. The van der Waals surface area contributed by atoms with E-state index in [1.807, 2.05) is 32.9 Å². The van der Waals surface area contributed by atoms with E-state index in [9.17, 15) is 10.1 Å². The zero-order valence-corrected chi connectivity index (χ0v) is 20.6. The molecule has 6 nitrogen and oxygen atoms in total. The standard InChI is InChI=1S/C28H34N4O2/c1-7-19(14-18(2)17-29)20-8-9-21-16-27(12-10-22(34-6)11-13-27)28(23(21)15-20)24(33)32(25(30)31-28)26(3,4)5/h7-9,14-15,22H,1-2,10-13,16H2,3-6H3,(H2,30,31). The monoisotopic (exact) mass is 458 g/mol. The van der Waals surface area contributed by atoms with Gasteiger partial charge in [0.05, 0.1) is 12.2 Å². The lowest BCUT2D eigenvalue weighted by Gasteiger charge is -2.46. The maximum atomic E-state index is 14.4. The number of nitrogens with two attached hydrogens (primary N) is 1. The maximum Gasteiger partial charge on any atom is 0.263 e. The van der Waals surface area contributed by atoms with Crippen molar-refractivity contribution in [2.75, 3.05) is 7.11 Å². The van der Waals surface area contributed by atoms with E-state index >= 15 is 0 Å². The molecule has 1 fully saturated rings. The van der Waals surface area contributed by atoms with Crippen LogP contribution in [-0.2, 0) is 21.5 Å². The van der Waals surface area contributed by atoms with E-state index in [-0.39, 0.29) is 23.4 Å². The average Bonchev–Trinajstić information content (AvgIpc) is 3.23. The highest BCUT2D eigenvalue weighted by atomic mass is 16.5. The first-order chi connectivity index (χ1) is 16.0. The first kappa shape index (κ1) is 24.0. The minimum Gasteiger partial charge on any atom is -0.381 e. The predicted molar refractivity (Wildman–Crippen MR) is 135 cm³/mol. The Kier molecular flexibility index (Phi) is 5.81. The Morgan fingerprint density at radius 1 is 1.35 bits per heavy atom. The van der Waals surface area contributed by atoms with Crippen LogP contribution in [0.25, 0.3) is 5.57 Å². The highest BCUT2D eigenvalue weighted by molar-refractivity contribution is 6.09. The van der Waals surface area contributed by atoms with Crippen LogP contribution in [0.5, 0.6) is 0 Å². The number of ether oxygens (including phenoxy) is 1. The number of guanidine groups is 1. The first-order valence-electron chi connectivity index (χ1n) is 11.8. The number of carbonyl (C=O) groups excluding carboxylic acids is 1. The predicted octanol–water partition coefficient (Wildman–Crippen LogP) is 4.62. The molecule has 6 heteroatoms. The third-order valence-electron chi connectivity index (χ3n) is 7.74. The second kappa shape index (κ2) is 8.25. The summed E-state index contributed by atoms with van der Waals surface area (Å²) >= 11 is 0. The number of benzene rings is 1. The number of nitrogens with zero attached hydrogens (tertiary/aromatic N) is 3. The fourth-order valence-electron chi connectivity index (χ4n) is 6.13. The third-order valence-corrected chi connectivity index (χ3v) is 7.74. The van der Waals surface area contributed by atoms with Gasteiger partial charge in [-0.3, -0.25) is 9.69 Å². The summed E-state index contributed by atoms with van der Waals surface area (Å²) in [5.74, 6) is 0.233. The van der Waals surface area contributed by atoms with Crippen LogP contribution < -0.4 is 5.73 Å². The van der Waals surface area contributed by atoms with E-state index in [1.54, 1.807) is 24.2 Å². The molecule has 3 aliphatic rings. The SMILES string of the molecule is C=CC(=CC(=C)C#N)c1ccc2c(c1)C1(N=C(N)N(C(C)(C)C)C1=O)C1(CCC(OC)CC1)C2. The first-order valence-corrected chi connectivity index (χ1v) is 11.8. The van der Waals surface area contributed by atoms with Gasteiger partial charge < -0.3 is 10.5 Å². The fraction of sp³-hybridized carbons (Fsp3) is 0.464. The van der Waals surface area contributed by atoms with Crippen molar-refractivity contribution < 1.29 is 9.53 Å². The number of allylic oxidation sites excluding steroid dienone is 4. The highest BCUT2D eigenvalue weighted by Crippen LogP contribution is 2.62. The molecule has 178 valence electrons. The van der Waals surface area contributed by atoms with Crippen molar-refractivity contribution in [3.8, 4) is 6.07 Å². The quantitative estimate of drug-likeness (QED) is 0.526. The minimum absolute atomic E-state index is 0.0464. The molecular weight excluding hydrogens is 424 g/mol. The van der Waals surface area contributed by atoms with Crippen LogP contribution in [0.3, 0.4) is 0 Å². The normalized spacial score (nSPS) is 28.7. The number of aliphatic imine (C=N–C) groups is 1. The molecule has 0 saturated heterocycles. The summed E-state index contributed by atoms with van der Waals surface area (Å²) < 4.78 is 5.65. The van der Waals surface area contributed by atoms with Crippen molar-refractivity contribution in [2.45, 2.75) is 70.1 Å². The van der Waals surface area contributed by atoms with E-state index in [4.69, 9.17) is 15.5 Å². The maximum absolute atomic E-state index is 14.4. The lowest BCUT2D eigenvalue weighted by molar-refractivity contribution is -0.141. The van der Waals surface area contributed by atoms with E-state index in [0.717, 1.165) is 54.4 Å². The second-order valence-corrected chi connectivity index (χ2v) is 10.7. The van der Waals surface area contributed by atoms with E-state index < -0.39 is 11.1 Å². The third kappa shape index (κ3) is 3.42. The van der Waals surface area contributed by atoms with E-state index in [2.05, 4.69) is 25.3 Å². The van der Waals surface area contributed by atoms with Crippen LogP contribution in [0.4, 0.5) is 0 Å². The number of hydrogen-bond donors (Lipinski definition) is 1. The number of rotatable bonds is 4. The van der Waals surface area contributed by atoms with Crippen LogP contribution in [0.15, 0.2) is 54.1 Å². The van der Waals surface area contributed by atoms with Gasteiger partial charge in [-0.25, -0.2) is 4.99 Å². The van der Waals surface area contributed by atoms with Crippen LogP contribution in [0.2, 0.25) is 0 Å². The molecule has 34 heavy (non-hydrogen) atoms. The molecule has 1 heterocycles. The van der Waals surface area contributed by atoms with E-state index in [0.29, 0.717) is 5.57 Å². The molecular formula is C28H34N4O2. The Bertz CT molecular complexity index is 1160. The van der Waals surface area contributed by atoms with Gasteiger partial charge in [-0.05, 0) is 87.3 Å². The van der Waals surface area contributed by atoms with Crippen molar-refractivity contribution in [3.05, 3.63) is 65.8 Å². The van der Waals surface area contributed by atoms with Gasteiger partial charge in [0.15, 0.2) is 11.5 Å². The lowest BCUT2D eigenvalue weighted by atomic mass is 9.61. The van der Waals surface area contributed by atoms with Gasteiger partial charge >= 0.3 is 0 Å². The van der Waals surface area contributed by atoms with Crippen molar-refractivity contribution >= 4 is 17.4 Å². The molecule has 2 spiro atoms. The minimum atomic E-state index is -1.06. The Hall–Kier alpha value is -3.17. The molecule has 1 amide bonds. The Morgan fingerprint density at radius 3 is 2.56 bits per heavy atom. The van der Waals surface area contributed by atoms with Crippen LogP contribution >= 0.6 is 0 Å². The molecule has 1 unspecified atom stereocenters. The van der Waals surface area contributed by atoms with Gasteiger partial charge in [-0.1, -0.05) is 31.4 Å². The molecule has 4 rings (SSSR count). The zero-order chi connectivity index (χ0) is 24.9. The summed E-state index contributed by atoms with van der Waals surface area (Å²) in [4.78, 5) is 21.1. The van der Waals surface area contributed by atoms with Crippen molar-refractivity contribution in [3.63, 3.8) is 0 Å². The molecule has 1 atom stereocenters. The average molecular weight is 459 g/mol. The van der Waals surface area contributed by atoms with Crippen molar-refractivity contribution in [1.29, 1.82) is 5.26 Å². The summed E-state index contributed by atoms with van der Waals surface area (Å²) in [6, 6.07) is 8.23. The topological polar surface area (TPSA) is 91.7 Å². The molecule has 0 aromatic heterocycles. The van der Waals surface area contributed by atoms with Gasteiger partial charge in [0, 0.05) is 23.6 Å². The Balaban J connectivity index is 1.92. The smallest absolute Gasteiger partial charge is 0.263 e. The summed E-state index contributed by atoms with van der Waals surface area (Å²) in [7, 11) is 1.75. The molecule has 2 N–H and O–H groups in total. The Labute approximate surface area is 202 Å². The zero-order valence-electron chi connectivity index (χ0n) is 20.6. The molecule has 1 aliphatic heterocycles. The number of carbonyl (C=O) groups is 1. The van der Waals surface area contributed by atoms with Crippen LogP contribution in [0, 0.1) is 16.7 Å². The van der Waals surface area contributed by atoms with Crippen molar-refractivity contribution in [2.24, 2.45) is 16.1 Å². The molecule has 0 bridgehead atoms. The van der Waals surface area contributed by atoms with Gasteiger partial charge in [0.2, 0.25) is 0 Å². The lowest BCUT2D eigenvalue weighted by Crippen LogP contribution is -2.56. The summed E-state index contributed by atoms with van der Waals surface area (Å²) in [5, 5.41) is 9.20. The van der Waals surface area contributed by atoms with Gasteiger partial charge in [0.25, 0.3) is 5.91 Å². The largest absolute Gasteiger partial charge is 0.381 e. The Morgan fingerprint density at radius 2 is 2.03 bits per heavy atom. The molecule has 1 aromatic carbocycles. The van der Waals surface area contributed by atoms with Gasteiger partial charge in [-0.15, -0.1) is 0 Å². The van der Waals surface area contributed by atoms with Crippen molar-refractivity contribution in [1.82, 2.24) is 4.90 Å². The highest BCUT2D eigenvalue weighted by Gasteiger charge is 2.67. The summed E-state index contributed by atoms with van der Waals surface area (Å²) in [5.41, 5.74) is 8.62. The van der Waals surface area contributed by atoms with E-state index in [1.165, 1.54) is 0 Å². The van der Waals surface area contributed by atoms with Gasteiger partial charge in [0.1, 0.15) is 0 Å². The van der Waals surface area contributed by atoms with Crippen LogP contribution in [0.1, 0.15) is 63.1 Å². The van der Waals surface area contributed by atoms with Crippen LogP contribution in [-0.4, -0.2) is 35.5 Å². The number of hydrogen-bond acceptors (Lipinski definition) is 5. The molecule has 0 radical (unpaired) electrons.